The number of benzene rings is 1. The molecule has 8 heteroatoms. The number of ether oxygens (including phenoxy) is 1. The summed E-state index contributed by atoms with van der Waals surface area (Å²) in [5, 5.41) is 2.86. The quantitative estimate of drug-likeness (QED) is 0.687. The molecule has 0 spiro atoms. The van der Waals surface area contributed by atoms with Gasteiger partial charge in [-0.3, -0.25) is 4.79 Å². The van der Waals surface area contributed by atoms with Gasteiger partial charge in [-0.25, -0.2) is 4.98 Å². The molecule has 0 aliphatic rings. The molecule has 0 saturated heterocycles. The normalized spacial score (nSPS) is 11.1. The van der Waals surface area contributed by atoms with E-state index in [1.165, 1.54) is 5.56 Å². The van der Waals surface area contributed by atoms with Crippen molar-refractivity contribution in [3.8, 4) is 0 Å². The summed E-state index contributed by atoms with van der Waals surface area (Å²) in [6.45, 7) is 1.57. The fourth-order valence-corrected chi connectivity index (χ4v) is 2.32. The van der Waals surface area contributed by atoms with Gasteiger partial charge in [0.25, 0.3) is 0 Å². The first-order valence-corrected chi connectivity index (χ1v) is 7.76. The van der Waals surface area contributed by atoms with Crippen molar-refractivity contribution in [3.05, 3.63) is 54.1 Å². The molecule has 1 amide bonds. The smallest absolute Gasteiger partial charge is 0.223 e. The number of carbonyl (C=O) groups excluding carboxylic acids is 1. The third kappa shape index (κ3) is 7.88. The van der Waals surface area contributed by atoms with Crippen LogP contribution in [-0.2, 0) is 29.0 Å². The maximum atomic E-state index is 11.9. The molecule has 3 N–H and O–H groups in total. The van der Waals surface area contributed by atoms with E-state index in [0.29, 0.717) is 13.1 Å². The Bertz CT molecular complexity index is 604. The lowest BCUT2D eigenvalue weighted by Gasteiger charge is -2.13. The van der Waals surface area contributed by atoms with Gasteiger partial charge >= 0.3 is 0 Å². The van der Waals surface area contributed by atoms with Crippen LogP contribution in [0.5, 0.6) is 0 Å². The molecule has 1 aromatic heterocycles. The van der Waals surface area contributed by atoms with Crippen LogP contribution in [0.2, 0.25) is 0 Å². The van der Waals surface area contributed by atoms with Crippen LogP contribution in [0.1, 0.15) is 17.8 Å². The van der Waals surface area contributed by atoms with Crippen LogP contribution in [0.4, 0.5) is 0 Å². The van der Waals surface area contributed by atoms with E-state index in [9.17, 15) is 4.79 Å². The monoisotopic (exact) mass is 388 g/mol. The SMILES string of the molecule is COC(CN)CC(=O)NCc1nccn1CCc1ccccc1.Cl.Cl. The van der Waals surface area contributed by atoms with E-state index in [-0.39, 0.29) is 43.2 Å². The number of nitrogens with one attached hydrogen (secondary N) is 1. The Balaban J connectivity index is 0.00000288. The van der Waals surface area contributed by atoms with Crippen LogP contribution in [-0.4, -0.2) is 35.2 Å². The van der Waals surface area contributed by atoms with Gasteiger partial charge in [0.15, 0.2) is 0 Å². The van der Waals surface area contributed by atoms with Crippen molar-refractivity contribution in [2.45, 2.75) is 32.0 Å². The zero-order valence-corrected chi connectivity index (χ0v) is 15.9. The summed E-state index contributed by atoms with van der Waals surface area (Å²) in [7, 11) is 1.56. The van der Waals surface area contributed by atoms with Crippen LogP contribution in [0.15, 0.2) is 42.7 Å². The van der Waals surface area contributed by atoms with Crippen LogP contribution in [0.25, 0.3) is 0 Å². The molecule has 0 fully saturated rings. The fraction of sp³-hybridized carbons (Fsp3) is 0.412. The number of hydrogen-bond acceptors (Lipinski definition) is 4. The van der Waals surface area contributed by atoms with Gasteiger partial charge in [-0.2, -0.15) is 0 Å². The summed E-state index contributed by atoms with van der Waals surface area (Å²) in [5.41, 5.74) is 6.80. The number of nitrogens with two attached hydrogens (primary N) is 1. The molecular weight excluding hydrogens is 363 g/mol. The third-order valence-corrected chi connectivity index (χ3v) is 3.74. The van der Waals surface area contributed by atoms with E-state index in [2.05, 4.69) is 27.0 Å². The third-order valence-electron chi connectivity index (χ3n) is 3.74. The lowest BCUT2D eigenvalue weighted by Crippen LogP contribution is -2.32. The van der Waals surface area contributed by atoms with Crippen molar-refractivity contribution in [1.82, 2.24) is 14.9 Å². The molecule has 2 rings (SSSR count). The lowest BCUT2D eigenvalue weighted by atomic mass is 10.1. The van der Waals surface area contributed by atoms with Gasteiger partial charge in [-0.15, -0.1) is 24.8 Å². The second-order valence-corrected chi connectivity index (χ2v) is 5.35. The van der Waals surface area contributed by atoms with E-state index < -0.39 is 0 Å². The molecule has 0 bridgehead atoms. The van der Waals surface area contributed by atoms with Gasteiger partial charge < -0.3 is 20.4 Å². The van der Waals surface area contributed by atoms with Crippen molar-refractivity contribution in [2.24, 2.45) is 5.73 Å². The minimum atomic E-state index is -0.243. The van der Waals surface area contributed by atoms with Crippen LogP contribution in [0, 0.1) is 0 Å². The maximum absolute atomic E-state index is 11.9. The van der Waals surface area contributed by atoms with Crippen molar-refractivity contribution < 1.29 is 9.53 Å². The first-order chi connectivity index (χ1) is 11.2. The minimum absolute atomic E-state index is 0. The van der Waals surface area contributed by atoms with Crippen molar-refractivity contribution in [3.63, 3.8) is 0 Å². The molecule has 140 valence electrons. The highest BCUT2D eigenvalue weighted by Crippen LogP contribution is 2.05. The number of rotatable bonds is 9. The molecule has 0 aliphatic carbocycles. The van der Waals surface area contributed by atoms with Crippen molar-refractivity contribution >= 4 is 30.7 Å². The van der Waals surface area contributed by atoms with Crippen LogP contribution < -0.4 is 11.1 Å². The summed E-state index contributed by atoms with van der Waals surface area (Å²) < 4.78 is 7.17. The van der Waals surface area contributed by atoms with Crippen molar-refractivity contribution in [2.75, 3.05) is 13.7 Å². The van der Waals surface area contributed by atoms with Gasteiger partial charge in [0.2, 0.25) is 5.91 Å². The largest absolute Gasteiger partial charge is 0.380 e. The Morgan fingerprint density at radius 1 is 1.32 bits per heavy atom. The van der Waals surface area contributed by atoms with Gasteiger partial charge in [0.1, 0.15) is 5.82 Å². The highest BCUT2D eigenvalue weighted by molar-refractivity contribution is 5.85. The number of hydrogen-bond donors (Lipinski definition) is 2. The molecular formula is C17H26Cl2N4O2. The molecule has 25 heavy (non-hydrogen) atoms. The van der Waals surface area contributed by atoms with Gasteiger partial charge in [0.05, 0.1) is 19.1 Å². The van der Waals surface area contributed by atoms with E-state index in [0.717, 1.165) is 18.8 Å². The Labute approximate surface area is 161 Å². The number of imidazole rings is 1. The molecule has 0 aliphatic heterocycles. The predicted molar refractivity (Wildman–Crippen MR) is 103 cm³/mol. The second-order valence-electron chi connectivity index (χ2n) is 5.35. The van der Waals surface area contributed by atoms with Crippen LogP contribution in [0.3, 0.4) is 0 Å². The summed E-state index contributed by atoms with van der Waals surface area (Å²) in [5.74, 6) is 0.760. The highest BCUT2D eigenvalue weighted by Gasteiger charge is 2.12. The minimum Gasteiger partial charge on any atom is -0.380 e. The molecule has 1 heterocycles. The number of nitrogens with zero attached hydrogens (tertiary/aromatic N) is 2. The second kappa shape index (κ2) is 12.7. The number of aromatic nitrogens is 2. The Morgan fingerprint density at radius 3 is 2.68 bits per heavy atom. The maximum Gasteiger partial charge on any atom is 0.223 e. The average Bonchev–Trinajstić information content (AvgIpc) is 3.04. The van der Waals surface area contributed by atoms with E-state index >= 15 is 0 Å². The Kier molecular flexibility index (Phi) is 11.9. The van der Waals surface area contributed by atoms with Gasteiger partial charge in [-0.1, -0.05) is 30.3 Å². The zero-order valence-electron chi connectivity index (χ0n) is 14.3. The van der Waals surface area contributed by atoms with E-state index in [1.807, 2.05) is 24.4 Å². The molecule has 6 nitrogen and oxygen atoms in total. The summed E-state index contributed by atoms with van der Waals surface area (Å²) in [4.78, 5) is 16.2. The Morgan fingerprint density at radius 2 is 2.04 bits per heavy atom. The first kappa shape index (κ1) is 23.4. The summed E-state index contributed by atoms with van der Waals surface area (Å²) in [6.07, 6.45) is 4.63. The molecule has 1 unspecified atom stereocenters. The predicted octanol–water partition coefficient (Wildman–Crippen LogP) is 1.95. The summed E-state index contributed by atoms with van der Waals surface area (Å²) in [6, 6.07) is 10.3. The zero-order chi connectivity index (χ0) is 16.5. The number of halogens is 2. The number of carbonyl (C=O) groups is 1. The van der Waals surface area contributed by atoms with Gasteiger partial charge in [-0.05, 0) is 12.0 Å². The van der Waals surface area contributed by atoms with E-state index in [1.54, 1.807) is 13.3 Å². The molecule has 0 radical (unpaired) electrons. The first-order valence-electron chi connectivity index (χ1n) is 7.76. The van der Waals surface area contributed by atoms with Crippen molar-refractivity contribution in [1.29, 1.82) is 0 Å². The lowest BCUT2D eigenvalue weighted by molar-refractivity contribution is -0.123. The summed E-state index contributed by atoms with van der Waals surface area (Å²) >= 11 is 0. The topological polar surface area (TPSA) is 82.2 Å². The standard InChI is InChI=1S/C17H24N4O2.2ClH/c1-23-15(12-18)11-17(22)20-13-16-19-8-10-21(16)9-7-14-5-3-2-4-6-14;;/h2-6,8,10,15H,7,9,11-13,18H2,1H3,(H,20,22);2*1H. The molecule has 2 aromatic rings. The average molecular weight is 389 g/mol. The molecule has 0 saturated carbocycles. The molecule has 1 atom stereocenters. The number of amides is 1. The Hall–Kier alpha value is -1.60. The number of aryl methyl sites for hydroxylation is 2. The fourth-order valence-electron chi connectivity index (χ4n) is 2.32. The van der Waals surface area contributed by atoms with Gasteiger partial charge in [0, 0.05) is 32.6 Å². The highest BCUT2D eigenvalue weighted by atomic mass is 35.5. The van der Waals surface area contributed by atoms with Crippen LogP contribution >= 0.6 is 24.8 Å². The molecule has 1 aromatic carbocycles. The number of methoxy groups -OCH3 is 1. The van der Waals surface area contributed by atoms with E-state index in [4.69, 9.17) is 10.5 Å².